The number of hydrogen-bond donors (Lipinski definition) is 0. The van der Waals surface area contributed by atoms with Crippen LogP contribution in [0.25, 0.3) is 0 Å². The second-order valence-corrected chi connectivity index (χ2v) is 8.09. The first-order chi connectivity index (χ1) is 13.2. The van der Waals surface area contributed by atoms with Crippen LogP contribution in [0.1, 0.15) is 34.8 Å². The predicted molar refractivity (Wildman–Crippen MR) is 108 cm³/mol. The van der Waals surface area contributed by atoms with Gasteiger partial charge in [-0.2, -0.15) is 0 Å². The summed E-state index contributed by atoms with van der Waals surface area (Å²) < 4.78 is 1.96. The molecule has 0 radical (unpaired) electrons. The van der Waals surface area contributed by atoms with Crippen LogP contribution >= 0.6 is 11.3 Å². The third kappa shape index (κ3) is 4.10. The van der Waals surface area contributed by atoms with Crippen molar-refractivity contribution in [2.45, 2.75) is 26.4 Å². The number of likely N-dealkylation sites (N-methyl/N-ethyl adjacent to an activating group) is 1. The Hall–Kier alpha value is -2.09. The number of nitrogens with zero attached hydrogens (tertiary/aromatic N) is 6. The Kier molecular flexibility index (Phi) is 5.61. The minimum Gasteiger partial charge on any atom is -0.301 e. The summed E-state index contributed by atoms with van der Waals surface area (Å²) in [6.45, 7) is 10.4. The zero-order valence-corrected chi connectivity index (χ0v) is 16.8. The molecule has 1 aromatic carbocycles. The van der Waals surface area contributed by atoms with Gasteiger partial charge in [-0.25, -0.2) is 4.68 Å². The number of benzene rings is 1. The van der Waals surface area contributed by atoms with Crippen molar-refractivity contribution in [3.63, 3.8) is 0 Å². The molecule has 0 spiro atoms. The molecule has 0 aliphatic carbocycles. The van der Waals surface area contributed by atoms with Gasteiger partial charge in [0.25, 0.3) is 0 Å². The van der Waals surface area contributed by atoms with E-state index in [2.05, 4.69) is 81.0 Å². The lowest BCUT2D eigenvalue weighted by Crippen LogP contribution is -2.48. The fraction of sp³-hybridized carbons (Fsp3) is 0.450. The molecule has 3 heterocycles. The predicted octanol–water partition coefficient (Wildman–Crippen LogP) is 2.82. The van der Waals surface area contributed by atoms with Crippen LogP contribution in [0, 0.1) is 6.92 Å². The normalized spacial score (nSPS) is 17.3. The SMILES string of the molecule is CCN1CCN([C@@H](c2ccc(C)cc2)c2nnnn2Cc2cccs2)CC1. The molecule has 4 rings (SSSR count). The zero-order valence-electron chi connectivity index (χ0n) is 16.0. The maximum absolute atomic E-state index is 4.46. The van der Waals surface area contributed by atoms with Gasteiger partial charge >= 0.3 is 0 Å². The maximum Gasteiger partial charge on any atom is 0.173 e. The maximum atomic E-state index is 4.46. The molecule has 142 valence electrons. The molecule has 1 saturated heterocycles. The van der Waals surface area contributed by atoms with Crippen LogP contribution < -0.4 is 0 Å². The fourth-order valence-electron chi connectivity index (χ4n) is 3.68. The van der Waals surface area contributed by atoms with Gasteiger partial charge in [-0.1, -0.05) is 42.8 Å². The molecule has 1 atom stereocenters. The highest BCUT2D eigenvalue weighted by molar-refractivity contribution is 7.09. The molecule has 27 heavy (non-hydrogen) atoms. The van der Waals surface area contributed by atoms with E-state index in [1.54, 1.807) is 11.3 Å². The van der Waals surface area contributed by atoms with Crippen molar-refractivity contribution in [3.05, 3.63) is 63.6 Å². The minimum absolute atomic E-state index is 0.0829. The molecule has 6 nitrogen and oxygen atoms in total. The number of aryl methyl sites for hydroxylation is 1. The summed E-state index contributed by atoms with van der Waals surface area (Å²) in [5.41, 5.74) is 2.53. The molecular formula is C20H26N6S. The lowest BCUT2D eigenvalue weighted by Gasteiger charge is -2.38. The third-order valence-electron chi connectivity index (χ3n) is 5.30. The average molecular weight is 383 g/mol. The topological polar surface area (TPSA) is 50.1 Å². The van der Waals surface area contributed by atoms with Crippen LogP contribution in [0.5, 0.6) is 0 Å². The Balaban J connectivity index is 1.66. The van der Waals surface area contributed by atoms with Crippen molar-refractivity contribution < 1.29 is 0 Å². The molecule has 1 fully saturated rings. The molecule has 0 saturated carbocycles. The number of thiophene rings is 1. The van der Waals surface area contributed by atoms with Gasteiger partial charge < -0.3 is 4.90 Å². The van der Waals surface area contributed by atoms with E-state index in [1.165, 1.54) is 16.0 Å². The standard InChI is InChI=1S/C20H26N6S/c1-3-24-10-12-25(13-11-24)19(17-8-6-16(2)7-9-17)20-21-22-23-26(20)15-18-5-4-14-27-18/h4-9,14,19H,3,10-13,15H2,1-2H3/t19-/m0/s1. The molecule has 7 heteroatoms. The van der Waals surface area contributed by atoms with Gasteiger partial charge in [0.2, 0.25) is 0 Å². The first kappa shape index (κ1) is 18.3. The summed E-state index contributed by atoms with van der Waals surface area (Å²) in [6.07, 6.45) is 0. The molecule has 1 aliphatic rings. The van der Waals surface area contributed by atoms with E-state index in [0.717, 1.165) is 45.1 Å². The molecule has 2 aromatic heterocycles. The van der Waals surface area contributed by atoms with Crippen LogP contribution in [-0.2, 0) is 6.54 Å². The summed E-state index contributed by atoms with van der Waals surface area (Å²) >= 11 is 1.74. The third-order valence-corrected chi connectivity index (χ3v) is 6.16. The zero-order chi connectivity index (χ0) is 18.6. The van der Waals surface area contributed by atoms with E-state index in [4.69, 9.17) is 0 Å². The Labute approximate surface area is 164 Å². The van der Waals surface area contributed by atoms with Crippen LogP contribution in [0.15, 0.2) is 41.8 Å². The van der Waals surface area contributed by atoms with E-state index < -0.39 is 0 Å². The van der Waals surface area contributed by atoms with Gasteiger partial charge in [-0.3, -0.25) is 4.90 Å². The number of tetrazole rings is 1. The van der Waals surface area contributed by atoms with Crippen molar-refractivity contribution in [2.24, 2.45) is 0 Å². The van der Waals surface area contributed by atoms with Gasteiger partial charge in [-0.05, 0) is 40.9 Å². The summed E-state index contributed by atoms with van der Waals surface area (Å²) in [5.74, 6) is 0.928. The van der Waals surface area contributed by atoms with Gasteiger partial charge in [0.1, 0.15) is 0 Å². The largest absolute Gasteiger partial charge is 0.301 e. The van der Waals surface area contributed by atoms with Crippen LogP contribution in [0.2, 0.25) is 0 Å². The number of rotatable bonds is 6. The molecule has 0 bridgehead atoms. The molecule has 0 N–H and O–H groups in total. The number of piperazine rings is 1. The Morgan fingerprint density at radius 2 is 1.85 bits per heavy atom. The highest BCUT2D eigenvalue weighted by Gasteiger charge is 2.30. The van der Waals surface area contributed by atoms with E-state index in [0.29, 0.717) is 0 Å². The Morgan fingerprint density at radius 1 is 1.07 bits per heavy atom. The second-order valence-electron chi connectivity index (χ2n) is 7.06. The summed E-state index contributed by atoms with van der Waals surface area (Å²) in [7, 11) is 0. The summed E-state index contributed by atoms with van der Waals surface area (Å²) in [6, 6.07) is 13.1. The van der Waals surface area contributed by atoms with Gasteiger partial charge in [0, 0.05) is 31.1 Å². The van der Waals surface area contributed by atoms with Crippen molar-refractivity contribution in [1.82, 2.24) is 30.0 Å². The lowest BCUT2D eigenvalue weighted by molar-refractivity contribution is 0.108. The van der Waals surface area contributed by atoms with Crippen molar-refractivity contribution in [2.75, 3.05) is 32.7 Å². The summed E-state index contributed by atoms with van der Waals surface area (Å²) in [5, 5.41) is 14.9. The Morgan fingerprint density at radius 3 is 2.52 bits per heavy atom. The molecule has 0 unspecified atom stereocenters. The molecule has 3 aromatic rings. The van der Waals surface area contributed by atoms with Crippen molar-refractivity contribution >= 4 is 11.3 Å². The van der Waals surface area contributed by atoms with Gasteiger partial charge in [0.05, 0.1) is 12.6 Å². The van der Waals surface area contributed by atoms with Crippen molar-refractivity contribution in [1.29, 1.82) is 0 Å². The fourth-order valence-corrected chi connectivity index (χ4v) is 4.37. The van der Waals surface area contributed by atoms with Crippen molar-refractivity contribution in [3.8, 4) is 0 Å². The van der Waals surface area contributed by atoms with E-state index in [1.807, 2.05) is 4.68 Å². The molecule has 1 aliphatic heterocycles. The summed E-state index contributed by atoms with van der Waals surface area (Å²) in [4.78, 5) is 6.28. The lowest BCUT2D eigenvalue weighted by atomic mass is 10.0. The average Bonchev–Trinajstić information content (AvgIpc) is 3.37. The molecular weight excluding hydrogens is 356 g/mol. The highest BCUT2D eigenvalue weighted by Crippen LogP contribution is 2.29. The monoisotopic (exact) mass is 382 g/mol. The van der Waals surface area contributed by atoms with E-state index in [-0.39, 0.29) is 6.04 Å². The van der Waals surface area contributed by atoms with E-state index in [9.17, 15) is 0 Å². The van der Waals surface area contributed by atoms with E-state index >= 15 is 0 Å². The number of aromatic nitrogens is 4. The first-order valence-electron chi connectivity index (χ1n) is 9.56. The molecule has 0 amide bonds. The van der Waals surface area contributed by atoms with Crippen LogP contribution in [-0.4, -0.2) is 62.7 Å². The minimum atomic E-state index is 0.0829. The first-order valence-corrected chi connectivity index (χ1v) is 10.4. The van der Waals surface area contributed by atoms with Crippen LogP contribution in [0.4, 0.5) is 0 Å². The second kappa shape index (κ2) is 8.29. The smallest absolute Gasteiger partial charge is 0.173 e. The Bertz CT molecular complexity index is 834. The van der Waals surface area contributed by atoms with Gasteiger partial charge in [-0.15, -0.1) is 16.4 Å². The van der Waals surface area contributed by atoms with Crippen LogP contribution in [0.3, 0.4) is 0 Å². The quantitative estimate of drug-likeness (QED) is 0.656. The number of hydrogen-bond acceptors (Lipinski definition) is 6. The van der Waals surface area contributed by atoms with Gasteiger partial charge in [0.15, 0.2) is 5.82 Å². The highest BCUT2D eigenvalue weighted by atomic mass is 32.1.